The minimum Gasteiger partial charge on any atom is -0.311 e. The summed E-state index contributed by atoms with van der Waals surface area (Å²) >= 11 is 11.5. The summed E-state index contributed by atoms with van der Waals surface area (Å²) in [4.78, 5) is 0. The number of nitrogens with one attached hydrogen (secondary N) is 1. The van der Waals surface area contributed by atoms with Crippen LogP contribution in [0.15, 0.2) is 18.2 Å². The normalized spacial score (nSPS) is 12.2. The van der Waals surface area contributed by atoms with Gasteiger partial charge in [0.25, 0.3) is 5.92 Å². The zero-order valence-corrected chi connectivity index (χ0v) is 11.2. The van der Waals surface area contributed by atoms with E-state index in [1.807, 2.05) is 13.8 Å². The van der Waals surface area contributed by atoms with Crippen LogP contribution in [0.25, 0.3) is 0 Å². The van der Waals surface area contributed by atoms with E-state index < -0.39 is 12.5 Å². The Morgan fingerprint density at radius 1 is 1.24 bits per heavy atom. The standard InChI is InChI=1S/C12H15Cl2F2N/c1-8(2)6-17-7-12(15,16)11-9(13)4-3-5-10(11)14/h3-5,8,17H,6-7H2,1-2H3. The van der Waals surface area contributed by atoms with Crippen LogP contribution < -0.4 is 5.32 Å². The van der Waals surface area contributed by atoms with E-state index in [2.05, 4.69) is 5.32 Å². The van der Waals surface area contributed by atoms with Crippen LogP contribution in [0, 0.1) is 5.92 Å². The second kappa shape index (κ2) is 5.98. The lowest BCUT2D eigenvalue weighted by atomic mass is 10.1. The van der Waals surface area contributed by atoms with Gasteiger partial charge in [-0.3, -0.25) is 0 Å². The van der Waals surface area contributed by atoms with Gasteiger partial charge in [-0.25, -0.2) is 0 Å². The molecule has 96 valence electrons. The molecular formula is C12H15Cl2F2N. The van der Waals surface area contributed by atoms with E-state index in [-0.39, 0.29) is 15.6 Å². The average molecular weight is 282 g/mol. The number of benzene rings is 1. The third-order valence-corrected chi connectivity index (χ3v) is 2.86. The van der Waals surface area contributed by atoms with Crippen molar-refractivity contribution in [1.29, 1.82) is 0 Å². The highest BCUT2D eigenvalue weighted by atomic mass is 35.5. The van der Waals surface area contributed by atoms with Crippen molar-refractivity contribution >= 4 is 23.2 Å². The van der Waals surface area contributed by atoms with Crippen LogP contribution in [-0.4, -0.2) is 13.1 Å². The molecule has 0 amide bonds. The lowest BCUT2D eigenvalue weighted by molar-refractivity contribution is -0.00330. The van der Waals surface area contributed by atoms with Crippen molar-refractivity contribution in [2.75, 3.05) is 13.1 Å². The van der Waals surface area contributed by atoms with Gasteiger partial charge in [-0.2, -0.15) is 8.78 Å². The molecule has 1 aromatic carbocycles. The van der Waals surface area contributed by atoms with Gasteiger partial charge in [0.2, 0.25) is 0 Å². The number of hydrogen-bond donors (Lipinski definition) is 1. The highest BCUT2D eigenvalue weighted by Crippen LogP contribution is 2.37. The molecule has 1 nitrogen and oxygen atoms in total. The number of halogens is 4. The van der Waals surface area contributed by atoms with Gasteiger partial charge >= 0.3 is 0 Å². The molecular weight excluding hydrogens is 267 g/mol. The van der Waals surface area contributed by atoms with E-state index in [1.165, 1.54) is 12.1 Å². The van der Waals surface area contributed by atoms with Crippen LogP contribution in [0.1, 0.15) is 19.4 Å². The maximum atomic E-state index is 13.9. The third-order valence-electron chi connectivity index (χ3n) is 2.23. The summed E-state index contributed by atoms with van der Waals surface area (Å²) in [6, 6.07) is 4.38. The van der Waals surface area contributed by atoms with Crippen LogP contribution in [0.2, 0.25) is 10.0 Å². The SMILES string of the molecule is CC(C)CNCC(F)(F)c1c(Cl)cccc1Cl. The first-order valence-corrected chi connectivity index (χ1v) is 6.13. The molecule has 0 saturated heterocycles. The molecule has 0 radical (unpaired) electrons. The monoisotopic (exact) mass is 281 g/mol. The quantitative estimate of drug-likeness (QED) is 0.847. The second-order valence-corrected chi connectivity index (χ2v) is 5.14. The summed E-state index contributed by atoms with van der Waals surface area (Å²) in [7, 11) is 0. The van der Waals surface area contributed by atoms with Gasteiger partial charge in [0, 0.05) is 0 Å². The van der Waals surface area contributed by atoms with Gasteiger partial charge in [-0.15, -0.1) is 0 Å². The predicted octanol–water partition coefficient (Wildman–Crippen LogP) is 4.33. The van der Waals surface area contributed by atoms with Crippen molar-refractivity contribution in [2.24, 2.45) is 5.92 Å². The Hall–Kier alpha value is -0.380. The number of alkyl halides is 2. The zero-order valence-electron chi connectivity index (χ0n) is 9.74. The first-order chi connectivity index (χ1) is 7.84. The van der Waals surface area contributed by atoms with Crippen molar-refractivity contribution in [2.45, 2.75) is 19.8 Å². The zero-order chi connectivity index (χ0) is 13.1. The molecule has 0 fully saturated rings. The average Bonchev–Trinajstić information content (AvgIpc) is 2.15. The molecule has 17 heavy (non-hydrogen) atoms. The van der Waals surface area contributed by atoms with Crippen LogP contribution >= 0.6 is 23.2 Å². The lowest BCUT2D eigenvalue weighted by Crippen LogP contribution is -2.33. The summed E-state index contributed by atoms with van der Waals surface area (Å²) in [5, 5.41) is 2.70. The minimum absolute atomic E-state index is 0.00570. The van der Waals surface area contributed by atoms with Crippen LogP contribution in [-0.2, 0) is 5.92 Å². The van der Waals surface area contributed by atoms with Crippen LogP contribution in [0.3, 0.4) is 0 Å². The molecule has 0 aliphatic rings. The molecule has 0 bridgehead atoms. The Kier molecular flexibility index (Phi) is 5.17. The lowest BCUT2D eigenvalue weighted by Gasteiger charge is -2.20. The van der Waals surface area contributed by atoms with Crippen LogP contribution in [0.4, 0.5) is 8.78 Å². The molecule has 1 rings (SSSR count). The van der Waals surface area contributed by atoms with Crippen molar-refractivity contribution in [3.05, 3.63) is 33.8 Å². The van der Waals surface area contributed by atoms with Crippen molar-refractivity contribution in [3.63, 3.8) is 0 Å². The number of hydrogen-bond acceptors (Lipinski definition) is 1. The molecule has 0 aliphatic carbocycles. The van der Waals surface area contributed by atoms with Gasteiger partial charge in [0.05, 0.1) is 22.2 Å². The van der Waals surface area contributed by atoms with Crippen molar-refractivity contribution < 1.29 is 8.78 Å². The van der Waals surface area contributed by atoms with E-state index in [0.29, 0.717) is 12.5 Å². The first kappa shape index (κ1) is 14.7. The Morgan fingerprint density at radius 3 is 2.24 bits per heavy atom. The van der Waals surface area contributed by atoms with Gasteiger partial charge in [-0.05, 0) is 24.6 Å². The fraction of sp³-hybridized carbons (Fsp3) is 0.500. The maximum absolute atomic E-state index is 13.9. The summed E-state index contributed by atoms with van der Waals surface area (Å²) in [6.45, 7) is 3.97. The highest BCUT2D eigenvalue weighted by Gasteiger charge is 2.35. The highest BCUT2D eigenvalue weighted by molar-refractivity contribution is 6.36. The summed E-state index contributed by atoms with van der Waals surface area (Å²) in [6.07, 6.45) is 0. The number of rotatable bonds is 5. The second-order valence-electron chi connectivity index (χ2n) is 4.33. The Labute approximate surface area is 110 Å². The third kappa shape index (κ3) is 4.09. The molecule has 0 saturated carbocycles. The van der Waals surface area contributed by atoms with Crippen LogP contribution in [0.5, 0.6) is 0 Å². The molecule has 0 aromatic heterocycles. The molecule has 0 unspecified atom stereocenters. The summed E-state index contributed by atoms with van der Waals surface area (Å²) in [5.41, 5.74) is -0.306. The largest absolute Gasteiger partial charge is 0.311 e. The molecule has 0 atom stereocenters. The van der Waals surface area contributed by atoms with E-state index in [4.69, 9.17) is 23.2 Å². The fourth-order valence-corrected chi connectivity index (χ4v) is 2.13. The van der Waals surface area contributed by atoms with E-state index >= 15 is 0 Å². The maximum Gasteiger partial charge on any atom is 0.288 e. The Balaban J connectivity index is 2.82. The topological polar surface area (TPSA) is 12.0 Å². The predicted molar refractivity (Wildman–Crippen MR) is 68.1 cm³/mol. The van der Waals surface area contributed by atoms with Gasteiger partial charge in [0.15, 0.2) is 0 Å². The van der Waals surface area contributed by atoms with Gasteiger partial charge < -0.3 is 5.32 Å². The molecule has 1 N–H and O–H groups in total. The molecule has 5 heteroatoms. The molecule has 0 heterocycles. The Bertz CT molecular complexity index is 361. The molecule has 1 aromatic rings. The van der Waals surface area contributed by atoms with E-state index in [1.54, 1.807) is 6.07 Å². The van der Waals surface area contributed by atoms with Gasteiger partial charge in [-0.1, -0.05) is 43.1 Å². The molecule has 0 aliphatic heterocycles. The van der Waals surface area contributed by atoms with Crippen molar-refractivity contribution in [1.82, 2.24) is 5.32 Å². The van der Waals surface area contributed by atoms with E-state index in [0.717, 1.165) is 0 Å². The smallest absolute Gasteiger partial charge is 0.288 e. The van der Waals surface area contributed by atoms with Gasteiger partial charge in [0.1, 0.15) is 0 Å². The van der Waals surface area contributed by atoms with E-state index in [9.17, 15) is 8.78 Å². The molecule has 0 spiro atoms. The minimum atomic E-state index is -3.07. The summed E-state index contributed by atoms with van der Waals surface area (Å²) < 4.78 is 27.8. The Morgan fingerprint density at radius 2 is 1.76 bits per heavy atom. The first-order valence-electron chi connectivity index (χ1n) is 5.37. The fourth-order valence-electron chi connectivity index (χ4n) is 1.45. The van der Waals surface area contributed by atoms with Crippen molar-refractivity contribution in [3.8, 4) is 0 Å². The summed E-state index contributed by atoms with van der Waals surface area (Å²) in [5.74, 6) is -2.75.